The number of ether oxygens (including phenoxy) is 1. The Morgan fingerprint density at radius 3 is 2.24 bits per heavy atom. The van der Waals surface area contributed by atoms with Crippen LogP contribution in [0, 0.1) is 5.92 Å². The van der Waals surface area contributed by atoms with E-state index < -0.39 is 0 Å². The summed E-state index contributed by atoms with van der Waals surface area (Å²) < 4.78 is 5.46. The van der Waals surface area contributed by atoms with Gasteiger partial charge in [-0.25, -0.2) is 4.79 Å². The molecule has 0 aromatic heterocycles. The molecule has 1 fully saturated rings. The molecule has 0 spiro atoms. The van der Waals surface area contributed by atoms with E-state index in [9.17, 15) is 4.79 Å². The predicted octanol–water partition coefficient (Wildman–Crippen LogP) is 5.36. The van der Waals surface area contributed by atoms with Crippen LogP contribution in [0.25, 0.3) is 0 Å². The number of esters is 1. The molecule has 0 saturated carbocycles. The molecule has 0 bridgehead atoms. The number of cyclic esters (lactones) is 1. The van der Waals surface area contributed by atoms with Crippen LogP contribution >= 0.6 is 0 Å². The Morgan fingerprint density at radius 1 is 0.905 bits per heavy atom. The van der Waals surface area contributed by atoms with Gasteiger partial charge in [0.1, 0.15) is 6.10 Å². The second-order valence-electron chi connectivity index (χ2n) is 5.93. The Balaban J connectivity index is 2.25. The molecule has 1 rings (SSSR count). The van der Waals surface area contributed by atoms with E-state index in [1.165, 1.54) is 25.7 Å². The molecule has 1 heterocycles. The Hall–Kier alpha value is -1.31. The van der Waals surface area contributed by atoms with Crippen molar-refractivity contribution in [2.75, 3.05) is 0 Å². The van der Waals surface area contributed by atoms with Crippen LogP contribution in [0.5, 0.6) is 0 Å². The molecule has 2 nitrogen and oxygen atoms in total. The van der Waals surface area contributed by atoms with Gasteiger partial charge in [0.2, 0.25) is 0 Å². The molecule has 0 N–H and O–H groups in total. The summed E-state index contributed by atoms with van der Waals surface area (Å²) in [6.07, 6.45) is 15.2. The fourth-order valence-electron chi connectivity index (χ4n) is 2.94. The summed E-state index contributed by atoms with van der Waals surface area (Å²) in [7, 11) is 0. The zero-order chi connectivity index (χ0) is 15.5. The number of unbranched alkanes of at least 4 members (excludes halogenated alkanes) is 6. The van der Waals surface area contributed by atoms with Gasteiger partial charge in [0.15, 0.2) is 0 Å². The van der Waals surface area contributed by atoms with Crippen LogP contribution < -0.4 is 0 Å². The minimum absolute atomic E-state index is 0.0470. The molecule has 0 aromatic rings. The lowest BCUT2D eigenvalue weighted by Crippen LogP contribution is -2.16. The third kappa shape index (κ3) is 6.33. The van der Waals surface area contributed by atoms with Crippen LogP contribution in [0.1, 0.15) is 64.2 Å². The summed E-state index contributed by atoms with van der Waals surface area (Å²) in [5.41, 5.74) is 0.685. The quantitative estimate of drug-likeness (QED) is 0.209. The molecule has 1 aliphatic rings. The Kier molecular flexibility index (Phi) is 8.80. The van der Waals surface area contributed by atoms with Gasteiger partial charge in [-0.1, -0.05) is 44.4 Å². The van der Waals surface area contributed by atoms with Crippen LogP contribution in [0.4, 0.5) is 0 Å². The maximum absolute atomic E-state index is 11.7. The van der Waals surface area contributed by atoms with Crippen molar-refractivity contribution in [3.63, 3.8) is 0 Å². The van der Waals surface area contributed by atoms with E-state index in [2.05, 4.69) is 19.7 Å². The molecule has 0 aliphatic carbocycles. The van der Waals surface area contributed by atoms with Gasteiger partial charge in [0.05, 0.1) is 0 Å². The highest BCUT2D eigenvalue weighted by molar-refractivity contribution is 5.90. The van der Waals surface area contributed by atoms with Gasteiger partial charge in [0, 0.05) is 11.5 Å². The van der Waals surface area contributed by atoms with Crippen molar-refractivity contribution in [3.05, 3.63) is 37.5 Å². The van der Waals surface area contributed by atoms with E-state index in [-0.39, 0.29) is 18.0 Å². The van der Waals surface area contributed by atoms with Gasteiger partial charge in [0.25, 0.3) is 0 Å². The molecule has 118 valence electrons. The monoisotopic (exact) mass is 290 g/mol. The highest BCUT2D eigenvalue weighted by Gasteiger charge is 2.37. The lowest BCUT2D eigenvalue weighted by Gasteiger charge is -2.17. The fraction of sp³-hybridized carbons (Fsp3) is 0.632. The first-order chi connectivity index (χ1) is 10.2. The molecule has 0 radical (unpaired) electrons. The fourth-order valence-corrected chi connectivity index (χ4v) is 2.94. The highest BCUT2D eigenvalue weighted by Crippen LogP contribution is 2.33. The number of hydrogen-bond acceptors (Lipinski definition) is 2. The maximum Gasteiger partial charge on any atom is 0.334 e. The largest absolute Gasteiger partial charge is 0.458 e. The van der Waals surface area contributed by atoms with E-state index in [0.717, 1.165) is 38.5 Å². The van der Waals surface area contributed by atoms with Crippen LogP contribution in [0.2, 0.25) is 0 Å². The minimum Gasteiger partial charge on any atom is -0.458 e. The molecule has 0 unspecified atom stereocenters. The van der Waals surface area contributed by atoms with Gasteiger partial charge >= 0.3 is 5.97 Å². The number of hydrogen-bond donors (Lipinski definition) is 0. The lowest BCUT2D eigenvalue weighted by molar-refractivity contribution is -0.139. The summed E-state index contributed by atoms with van der Waals surface area (Å²) in [4.78, 5) is 11.7. The number of allylic oxidation sites excluding steroid dienone is 2. The van der Waals surface area contributed by atoms with Crippen molar-refractivity contribution >= 4 is 5.97 Å². The Labute approximate surface area is 130 Å². The summed E-state index contributed by atoms with van der Waals surface area (Å²) >= 11 is 0. The predicted molar refractivity (Wildman–Crippen MR) is 89.1 cm³/mol. The van der Waals surface area contributed by atoms with Gasteiger partial charge in [-0.15, -0.1) is 13.2 Å². The molecular formula is C19H30O2. The van der Waals surface area contributed by atoms with Crippen molar-refractivity contribution in [1.82, 2.24) is 0 Å². The van der Waals surface area contributed by atoms with Crippen molar-refractivity contribution < 1.29 is 9.53 Å². The second kappa shape index (κ2) is 10.4. The number of carbonyl (C=O) groups is 1. The smallest absolute Gasteiger partial charge is 0.334 e. The molecule has 2 heteroatoms. The normalized spacial score (nSPS) is 21.3. The van der Waals surface area contributed by atoms with E-state index in [0.29, 0.717) is 5.57 Å². The topological polar surface area (TPSA) is 26.3 Å². The number of rotatable bonds is 12. The van der Waals surface area contributed by atoms with Gasteiger partial charge in [-0.05, 0) is 38.5 Å². The molecule has 2 atom stereocenters. The zero-order valence-corrected chi connectivity index (χ0v) is 13.3. The molecular weight excluding hydrogens is 260 g/mol. The summed E-state index contributed by atoms with van der Waals surface area (Å²) in [5.74, 6) is 0.0464. The van der Waals surface area contributed by atoms with E-state index in [1.54, 1.807) is 0 Å². The Morgan fingerprint density at radius 2 is 1.52 bits per heavy atom. The third-order valence-electron chi connectivity index (χ3n) is 4.24. The van der Waals surface area contributed by atoms with Gasteiger partial charge in [-0.3, -0.25) is 0 Å². The molecule has 21 heavy (non-hydrogen) atoms. The van der Waals surface area contributed by atoms with Crippen molar-refractivity contribution in [3.8, 4) is 0 Å². The first kappa shape index (κ1) is 17.7. The van der Waals surface area contributed by atoms with Gasteiger partial charge in [-0.2, -0.15) is 0 Å². The summed E-state index contributed by atoms with van der Waals surface area (Å²) in [5, 5.41) is 0. The average molecular weight is 290 g/mol. The average Bonchev–Trinajstić information content (AvgIpc) is 2.74. The van der Waals surface area contributed by atoms with Crippen molar-refractivity contribution in [2.24, 2.45) is 5.92 Å². The second-order valence-corrected chi connectivity index (χ2v) is 5.93. The molecule has 1 aliphatic heterocycles. The summed E-state index contributed by atoms with van der Waals surface area (Å²) in [6, 6.07) is 0. The first-order valence-electron chi connectivity index (χ1n) is 8.32. The molecule has 0 aromatic carbocycles. The maximum atomic E-state index is 11.7. The minimum atomic E-state index is -0.186. The zero-order valence-electron chi connectivity index (χ0n) is 13.3. The molecule has 1 saturated heterocycles. The van der Waals surface area contributed by atoms with Crippen LogP contribution in [0.3, 0.4) is 0 Å². The third-order valence-corrected chi connectivity index (χ3v) is 4.24. The van der Waals surface area contributed by atoms with E-state index in [1.807, 2.05) is 12.2 Å². The van der Waals surface area contributed by atoms with Crippen molar-refractivity contribution in [2.45, 2.75) is 70.3 Å². The molecule has 0 amide bonds. The van der Waals surface area contributed by atoms with Crippen LogP contribution in [0.15, 0.2) is 37.5 Å². The van der Waals surface area contributed by atoms with Crippen LogP contribution in [-0.2, 0) is 9.53 Å². The van der Waals surface area contributed by atoms with Crippen LogP contribution in [-0.4, -0.2) is 12.1 Å². The Bertz CT molecular complexity index is 357. The lowest BCUT2D eigenvalue weighted by atomic mass is 9.88. The standard InChI is InChI=1S/C19H30O2/c1-4-6-8-9-10-11-13-14-17-16(3)19(20)21-18(17)15-12-7-5-2/h4-5,17-18H,1-3,6-15H2/t17-,18+/m0/s1. The number of carbonyl (C=O) groups excluding carboxylic acids is 1. The highest BCUT2D eigenvalue weighted by atomic mass is 16.6. The van der Waals surface area contributed by atoms with Gasteiger partial charge < -0.3 is 4.74 Å². The van der Waals surface area contributed by atoms with E-state index >= 15 is 0 Å². The SMILES string of the molecule is C=CCCCCCCC[C@H]1C(=C)C(=O)O[C@@H]1CCCC=C. The first-order valence-corrected chi connectivity index (χ1v) is 8.32. The van der Waals surface area contributed by atoms with E-state index in [4.69, 9.17) is 4.74 Å². The summed E-state index contributed by atoms with van der Waals surface area (Å²) in [6.45, 7) is 11.4. The van der Waals surface area contributed by atoms with Crippen molar-refractivity contribution in [1.29, 1.82) is 0 Å².